The van der Waals surface area contributed by atoms with Crippen molar-refractivity contribution in [2.45, 2.75) is 50.5 Å². The molecule has 9 nitrogen and oxygen atoms in total. The van der Waals surface area contributed by atoms with Gasteiger partial charge in [0.1, 0.15) is 12.2 Å². The number of fused-ring (bicyclic) bond motifs is 1. The fourth-order valence-electron chi connectivity index (χ4n) is 3.31. The quantitative estimate of drug-likeness (QED) is 0.658. The third kappa shape index (κ3) is 4.03. The van der Waals surface area contributed by atoms with E-state index in [9.17, 15) is 9.59 Å². The topological polar surface area (TPSA) is 98.8 Å². The first kappa shape index (κ1) is 20.7. The van der Waals surface area contributed by atoms with Crippen LogP contribution in [0, 0.1) is 0 Å². The maximum absolute atomic E-state index is 12.6. The SMILES string of the molecule is CCOC1(C)O[C@H]2[C@@H](O1)[C@@H](C(=O)OC)O[C@H](OC)[C@@H]2OC(=O)c1ccccc1. The summed E-state index contributed by atoms with van der Waals surface area (Å²) in [5, 5.41) is 0. The normalized spacial score (nSPS) is 34.5. The van der Waals surface area contributed by atoms with Crippen LogP contribution in [-0.4, -0.2) is 69.4 Å². The zero-order valence-corrected chi connectivity index (χ0v) is 16.2. The molecule has 1 aromatic carbocycles. The molecule has 0 aliphatic carbocycles. The Hall–Kier alpha value is -2.04. The van der Waals surface area contributed by atoms with E-state index in [0.29, 0.717) is 12.2 Å². The summed E-state index contributed by atoms with van der Waals surface area (Å²) in [6.07, 6.45) is -4.97. The summed E-state index contributed by atoms with van der Waals surface area (Å²) < 4.78 is 38.7. The lowest BCUT2D eigenvalue weighted by Crippen LogP contribution is -2.60. The zero-order valence-electron chi connectivity index (χ0n) is 16.2. The molecule has 1 unspecified atom stereocenters. The Balaban J connectivity index is 1.88. The molecule has 1 aromatic rings. The van der Waals surface area contributed by atoms with Crippen LogP contribution in [0.25, 0.3) is 0 Å². The van der Waals surface area contributed by atoms with Crippen molar-refractivity contribution in [3.05, 3.63) is 35.9 Å². The predicted molar refractivity (Wildman–Crippen MR) is 93.1 cm³/mol. The number of hydrogen-bond acceptors (Lipinski definition) is 9. The number of methoxy groups -OCH3 is 2. The van der Waals surface area contributed by atoms with Gasteiger partial charge in [-0.15, -0.1) is 0 Å². The smallest absolute Gasteiger partial charge is 0.338 e. The maximum Gasteiger partial charge on any atom is 0.338 e. The lowest BCUT2D eigenvalue weighted by Gasteiger charge is -2.39. The number of carbonyl (C=O) groups excluding carboxylic acids is 2. The van der Waals surface area contributed by atoms with Gasteiger partial charge in [0.25, 0.3) is 5.97 Å². The first-order chi connectivity index (χ1) is 13.4. The Morgan fingerprint density at radius 2 is 1.79 bits per heavy atom. The molecule has 28 heavy (non-hydrogen) atoms. The van der Waals surface area contributed by atoms with Gasteiger partial charge in [-0.3, -0.25) is 0 Å². The van der Waals surface area contributed by atoms with Gasteiger partial charge in [-0.25, -0.2) is 9.59 Å². The van der Waals surface area contributed by atoms with E-state index in [1.54, 1.807) is 44.2 Å². The van der Waals surface area contributed by atoms with Gasteiger partial charge in [-0.1, -0.05) is 18.2 Å². The zero-order chi connectivity index (χ0) is 20.3. The summed E-state index contributed by atoms with van der Waals surface area (Å²) in [7, 11) is 2.61. The molecule has 0 bridgehead atoms. The van der Waals surface area contributed by atoms with Gasteiger partial charge in [0, 0.05) is 20.6 Å². The van der Waals surface area contributed by atoms with E-state index < -0.39 is 48.6 Å². The molecule has 2 saturated heterocycles. The molecule has 2 aliphatic heterocycles. The van der Waals surface area contributed by atoms with Crippen molar-refractivity contribution in [2.24, 2.45) is 0 Å². The van der Waals surface area contributed by atoms with Crippen LogP contribution in [-0.2, 0) is 38.0 Å². The summed E-state index contributed by atoms with van der Waals surface area (Å²) in [5.74, 6) is -2.67. The average molecular weight is 396 g/mol. The molecule has 0 amide bonds. The summed E-state index contributed by atoms with van der Waals surface area (Å²) in [6.45, 7) is 3.65. The summed E-state index contributed by atoms with van der Waals surface area (Å²) >= 11 is 0. The lowest BCUT2D eigenvalue weighted by atomic mass is 9.98. The van der Waals surface area contributed by atoms with Crippen LogP contribution in [0.5, 0.6) is 0 Å². The van der Waals surface area contributed by atoms with Gasteiger partial charge < -0.3 is 33.2 Å². The average Bonchev–Trinajstić information content (AvgIpc) is 3.05. The van der Waals surface area contributed by atoms with Crippen molar-refractivity contribution in [1.82, 2.24) is 0 Å². The molecule has 0 aromatic heterocycles. The highest BCUT2D eigenvalue weighted by molar-refractivity contribution is 5.89. The van der Waals surface area contributed by atoms with Crippen molar-refractivity contribution in [1.29, 1.82) is 0 Å². The van der Waals surface area contributed by atoms with E-state index in [1.807, 2.05) is 0 Å². The van der Waals surface area contributed by atoms with Crippen LogP contribution in [0.2, 0.25) is 0 Å². The summed E-state index contributed by atoms with van der Waals surface area (Å²) in [5.41, 5.74) is 0.357. The van der Waals surface area contributed by atoms with E-state index in [4.69, 9.17) is 33.2 Å². The highest BCUT2D eigenvalue weighted by atomic mass is 16.9. The van der Waals surface area contributed by atoms with Gasteiger partial charge in [0.05, 0.1) is 12.7 Å². The van der Waals surface area contributed by atoms with Crippen LogP contribution in [0.4, 0.5) is 0 Å². The second-order valence-corrected chi connectivity index (χ2v) is 6.38. The molecular formula is C19H24O9. The molecule has 2 heterocycles. The van der Waals surface area contributed by atoms with Crippen molar-refractivity contribution in [2.75, 3.05) is 20.8 Å². The maximum atomic E-state index is 12.6. The van der Waals surface area contributed by atoms with Crippen molar-refractivity contribution in [3.8, 4) is 0 Å². The largest absolute Gasteiger partial charge is 0.467 e. The molecule has 6 atom stereocenters. The van der Waals surface area contributed by atoms with Crippen LogP contribution in [0.1, 0.15) is 24.2 Å². The van der Waals surface area contributed by atoms with E-state index in [2.05, 4.69) is 0 Å². The second kappa shape index (κ2) is 8.54. The minimum Gasteiger partial charge on any atom is -0.467 e. The van der Waals surface area contributed by atoms with Gasteiger partial charge in [0.15, 0.2) is 18.5 Å². The Kier molecular flexibility index (Phi) is 6.31. The molecular weight excluding hydrogens is 372 g/mol. The fourth-order valence-corrected chi connectivity index (χ4v) is 3.31. The van der Waals surface area contributed by atoms with Crippen LogP contribution < -0.4 is 0 Å². The van der Waals surface area contributed by atoms with Crippen LogP contribution >= 0.6 is 0 Å². The first-order valence-corrected chi connectivity index (χ1v) is 8.94. The fraction of sp³-hybridized carbons (Fsp3) is 0.579. The molecule has 2 fully saturated rings. The molecule has 3 rings (SSSR count). The third-order valence-electron chi connectivity index (χ3n) is 4.52. The van der Waals surface area contributed by atoms with Crippen LogP contribution in [0.15, 0.2) is 30.3 Å². The molecule has 0 N–H and O–H groups in total. The minimum atomic E-state index is -1.43. The Bertz CT molecular complexity index is 694. The highest BCUT2D eigenvalue weighted by Crippen LogP contribution is 2.40. The standard InChI is InChI=1S/C19H24O9/c1-5-24-19(2)27-12-13(28-19)15(18(23-4)26-14(12)17(21)22-3)25-16(20)11-9-7-6-8-10-11/h6-10,12-15,18H,5H2,1-4H3/t12-,13+,14+,15-,18+,19?/m1/s1. The third-order valence-corrected chi connectivity index (χ3v) is 4.52. The molecule has 0 saturated carbocycles. The lowest BCUT2D eigenvalue weighted by molar-refractivity contribution is -0.330. The first-order valence-electron chi connectivity index (χ1n) is 8.94. The van der Waals surface area contributed by atoms with Gasteiger partial charge >= 0.3 is 11.9 Å². The van der Waals surface area contributed by atoms with Gasteiger partial charge in [-0.2, -0.15) is 0 Å². The molecule has 0 radical (unpaired) electrons. The number of benzene rings is 1. The van der Waals surface area contributed by atoms with E-state index >= 15 is 0 Å². The van der Waals surface area contributed by atoms with Crippen molar-refractivity contribution in [3.63, 3.8) is 0 Å². The second-order valence-electron chi connectivity index (χ2n) is 6.38. The molecule has 0 spiro atoms. The molecule has 9 heteroatoms. The summed E-state index contributed by atoms with van der Waals surface area (Å²) in [4.78, 5) is 24.8. The molecule has 2 aliphatic rings. The number of hydrogen-bond donors (Lipinski definition) is 0. The summed E-state index contributed by atoms with van der Waals surface area (Å²) in [6, 6.07) is 8.48. The Labute approximate surface area is 162 Å². The predicted octanol–water partition coefficient (Wildman–Crippen LogP) is 1.25. The Morgan fingerprint density at radius 3 is 2.39 bits per heavy atom. The van der Waals surface area contributed by atoms with Gasteiger partial charge in [0.2, 0.25) is 0 Å². The van der Waals surface area contributed by atoms with Crippen LogP contribution in [0.3, 0.4) is 0 Å². The minimum absolute atomic E-state index is 0.307. The van der Waals surface area contributed by atoms with E-state index in [-0.39, 0.29) is 0 Å². The van der Waals surface area contributed by atoms with Crippen molar-refractivity contribution >= 4 is 11.9 Å². The van der Waals surface area contributed by atoms with E-state index in [1.165, 1.54) is 14.2 Å². The number of esters is 2. The van der Waals surface area contributed by atoms with Crippen molar-refractivity contribution < 1.29 is 42.7 Å². The van der Waals surface area contributed by atoms with E-state index in [0.717, 1.165) is 0 Å². The number of carbonyl (C=O) groups is 2. The molecule has 154 valence electrons. The highest BCUT2D eigenvalue weighted by Gasteiger charge is 2.61. The Morgan fingerprint density at radius 1 is 1.11 bits per heavy atom. The van der Waals surface area contributed by atoms with Gasteiger partial charge in [-0.05, 0) is 19.1 Å². The number of ether oxygens (including phenoxy) is 7. The monoisotopic (exact) mass is 396 g/mol. The number of rotatable bonds is 6.